The Morgan fingerprint density at radius 3 is 2.53 bits per heavy atom. The Kier molecular flexibility index (Phi) is 5.92. The van der Waals surface area contributed by atoms with Gasteiger partial charge in [-0.3, -0.25) is 0 Å². The second kappa shape index (κ2) is 6.97. The fourth-order valence-electron chi connectivity index (χ4n) is 1.93. The summed E-state index contributed by atoms with van der Waals surface area (Å²) in [5.41, 5.74) is 0.812. The highest BCUT2D eigenvalue weighted by molar-refractivity contribution is 7.98. The molecule has 0 aliphatic heterocycles. The van der Waals surface area contributed by atoms with Crippen molar-refractivity contribution in [3.8, 4) is 0 Å². The smallest absolute Gasteiger partial charge is 0.159 e. The molecular weight excluding hydrogens is 240 g/mol. The summed E-state index contributed by atoms with van der Waals surface area (Å²) in [6, 6.07) is 4.21. The minimum Gasteiger partial charge on any atom is -0.310 e. The van der Waals surface area contributed by atoms with Crippen LogP contribution in [0.4, 0.5) is 8.78 Å². The van der Waals surface area contributed by atoms with Crippen molar-refractivity contribution in [2.45, 2.75) is 19.9 Å². The zero-order chi connectivity index (χ0) is 12.8. The molecule has 2 atom stereocenters. The van der Waals surface area contributed by atoms with Gasteiger partial charge in [0.15, 0.2) is 11.6 Å². The van der Waals surface area contributed by atoms with Crippen molar-refractivity contribution in [3.05, 3.63) is 35.4 Å². The Bertz CT molecular complexity index is 357. The zero-order valence-corrected chi connectivity index (χ0v) is 11.3. The van der Waals surface area contributed by atoms with Crippen molar-refractivity contribution in [2.24, 2.45) is 5.92 Å². The minimum absolute atomic E-state index is 0.0718. The first-order valence-electron chi connectivity index (χ1n) is 5.77. The van der Waals surface area contributed by atoms with Crippen molar-refractivity contribution in [1.29, 1.82) is 0 Å². The second-order valence-corrected chi connectivity index (χ2v) is 5.05. The quantitative estimate of drug-likeness (QED) is 0.837. The van der Waals surface area contributed by atoms with E-state index in [0.29, 0.717) is 5.92 Å². The maximum Gasteiger partial charge on any atom is 0.159 e. The van der Waals surface area contributed by atoms with E-state index in [2.05, 4.69) is 12.2 Å². The van der Waals surface area contributed by atoms with Crippen LogP contribution in [0, 0.1) is 17.6 Å². The van der Waals surface area contributed by atoms with Gasteiger partial charge in [0.2, 0.25) is 0 Å². The summed E-state index contributed by atoms with van der Waals surface area (Å²) in [5, 5.41) is 3.33. The summed E-state index contributed by atoms with van der Waals surface area (Å²) in [6.07, 6.45) is 2.05. The average Bonchev–Trinajstić information content (AvgIpc) is 2.30. The van der Waals surface area contributed by atoms with E-state index in [-0.39, 0.29) is 6.04 Å². The molecule has 0 heterocycles. The Morgan fingerprint density at radius 2 is 2.00 bits per heavy atom. The number of hydrogen-bond acceptors (Lipinski definition) is 2. The van der Waals surface area contributed by atoms with Crippen molar-refractivity contribution in [1.82, 2.24) is 5.32 Å². The summed E-state index contributed by atoms with van der Waals surface area (Å²) in [6.45, 7) is 4.94. The first-order chi connectivity index (χ1) is 8.10. The van der Waals surface area contributed by atoms with E-state index in [4.69, 9.17) is 0 Å². The van der Waals surface area contributed by atoms with Crippen molar-refractivity contribution in [2.75, 3.05) is 18.6 Å². The first kappa shape index (κ1) is 14.5. The predicted octanol–water partition coefficient (Wildman–Crippen LogP) is 3.61. The molecule has 4 heteroatoms. The Hall–Kier alpha value is -0.610. The Balaban J connectivity index is 2.92. The molecule has 1 nitrogen and oxygen atoms in total. The number of halogens is 2. The molecule has 0 bridgehead atoms. The van der Waals surface area contributed by atoms with Crippen LogP contribution in [0.1, 0.15) is 25.5 Å². The molecule has 0 fully saturated rings. The third-order valence-electron chi connectivity index (χ3n) is 2.73. The lowest BCUT2D eigenvalue weighted by Gasteiger charge is -2.24. The molecular formula is C13H19F2NS. The molecule has 0 amide bonds. The lowest BCUT2D eigenvalue weighted by atomic mass is 9.95. The SMILES string of the molecule is CCNC(c1ccc(F)c(F)c1)C(C)CSC. The van der Waals surface area contributed by atoms with E-state index in [1.807, 2.05) is 13.2 Å². The van der Waals surface area contributed by atoms with E-state index >= 15 is 0 Å². The van der Waals surface area contributed by atoms with Gasteiger partial charge in [-0.1, -0.05) is 19.9 Å². The first-order valence-corrected chi connectivity index (χ1v) is 7.16. The number of rotatable bonds is 6. The van der Waals surface area contributed by atoms with Gasteiger partial charge < -0.3 is 5.32 Å². The maximum absolute atomic E-state index is 13.2. The van der Waals surface area contributed by atoms with E-state index in [1.54, 1.807) is 17.8 Å². The van der Waals surface area contributed by atoms with Gasteiger partial charge in [-0.15, -0.1) is 0 Å². The highest BCUT2D eigenvalue weighted by Crippen LogP contribution is 2.25. The third kappa shape index (κ3) is 3.96. The average molecular weight is 259 g/mol. The monoisotopic (exact) mass is 259 g/mol. The summed E-state index contributed by atoms with van der Waals surface area (Å²) < 4.78 is 26.1. The largest absolute Gasteiger partial charge is 0.310 e. The molecule has 0 aliphatic rings. The molecule has 0 saturated heterocycles. The van der Waals surface area contributed by atoms with E-state index in [0.717, 1.165) is 17.9 Å². The van der Waals surface area contributed by atoms with Crippen molar-refractivity contribution in [3.63, 3.8) is 0 Å². The molecule has 0 radical (unpaired) electrons. The van der Waals surface area contributed by atoms with Crippen molar-refractivity contribution >= 4 is 11.8 Å². The third-order valence-corrected chi connectivity index (χ3v) is 3.58. The van der Waals surface area contributed by atoms with Gasteiger partial charge in [0.25, 0.3) is 0 Å². The van der Waals surface area contributed by atoms with Crippen LogP contribution in [0.25, 0.3) is 0 Å². The van der Waals surface area contributed by atoms with E-state index in [1.165, 1.54) is 12.1 Å². The van der Waals surface area contributed by atoms with Gasteiger partial charge >= 0.3 is 0 Å². The topological polar surface area (TPSA) is 12.0 Å². The lowest BCUT2D eigenvalue weighted by Crippen LogP contribution is -2.28. The maximum atomic E-state index is 13.2. The minimum atomic E-state index is -0.790. The van der Waals surface area contributed by atoms with Crippen LogP contribution < -0.4 is 5.32 Å². The molecule has 1 rings (SSSR count). The molecule has 0 spiro atoms. The van der Waals surface area contributed by atoms with E-state index in [9.17, 15) is 8.78 Å². The highest BCUT2D eigenvalue weighted by Gasteiger charge is 2.19. The second-order valence-electron chi connectivity index (χ2n) is 4.14. The van der Waals surface area contributed by atoms with Crippen LogP contribution in [0.5, 0.6) is 0 Å². The summed E-state index contributed by atoms with van der Waals surface area (Å²) in [4.78, 5) is 0. The van der Waals surface area contributed by atoms with Gasteiger partial charge in [0.05, 0.1) is 0 Å². The molecule has 1 aromatic carbocycles. The Morgan fingerprint density at radius 1 is 1.29 bits per heavy atom. The normalized spacial score (nSPS) is 14.6. The summed E-state index contributed by atoms with van der Waals surface area (Å²) in [5.74, 6) is -0.213. The molecule has 0 aromatic heterocycles. The van der Waals surface area contributed by atoms with Crippen molar-refractivity contribution < 1.29 is 8.78 Å². The number of thioether (sulfide) groups is 1. The van der Waals surface area contributed by atoms with Crippen LogP contribution >= 0.6 is 11.8 Å². The molecule has 17 heavy (non-hydrogen) atoms. The van der Waals surface area contributed by atoms with E-state index < -0.39 is 11.6 Å². The van der Waals surface area contributed by atoms with Crippen LogP contribution in [0.15, 0.2) is 18.2 Å². The van der Waals surface area contributed by atoms with Gasteiger partial charge in [0.1, 0.15) is 0 Å². The predicted molar refractivity (Wildman–Crippen MR) is 70.3 cm³/mol. The Labute approximate surface area is 106 Å². The molecule has 2 unspecified atom stereocenters. The molecule has 1 N–H and O–H groups in total. The molecule has 1 aromatic rings. The van der Waals surface area contributed by atoms with Gasteiger partial charge in [-0.25, -0.2) is 8.78 Å². The summed E-state index contributed by atoms with van der Waals surface area (Å²) in [7, 11) is 0. The summed E-state index contributed by atoms with van der Waals surface area (Å²) >= 11 is 1.76. The fraction of sp³-hybridized carbons (Fsp3) is 0.538. The van der Waals surface area contributed by atoms with Crippen LogP contribution in [-0.4, -0.2) is 18.6 Å². The fourth-order valence-corrected chi connectivity index (χ4v) is 2.65. The molecule has 0 aliphatic carbocycles. The lowest BCUT2D eigenvalue weighted by molar-refractivity contribution is 0.422. The van der Waals surface area contributed by atoms with Gasteiger partial charge in [-0.05, 0) is 42.2 Å². The van der Waals surface area contributed by atoms with Gasteiger partial charge in [-0.2, -0.15) is 11.8 Å². The number of hydrogen-bond donors (Lipinski definition) is 1. The van der Waals surface area contributed by atoms with Crippen LogP contribution in [-0.2, 0) is 0 Å². The van der Waals surface area contributed by atoms with Crippen LogP contribution in [0.3, 0.4) is 0 Å². The number of nitrogens with one attached hydrogen (secondary N) is 1. The zero-order valence-electron chi connectivity index (χ0n) is 10.5. The highest BCUT2D eigenvalue weighted by atomic mass is 32.2. The standard InChI is InChI=1S/C13H19F2NS/c1-4-16-13(9(2)8-17-3)10-5-6-11(14)12(15)7-10/h5-7,9,13,16H,4,8H2,1-3H3. The molecule has 0 saturated carbocycles. The number of benzene rings is 1. The molecule has 96 valence electrons. The van der Waals surface area contributed by atoms with Gasteiger partial charge in [0, 0.05) is 6.04 Å². The van der Waals surface area contributed by atoms with Crippen LogP contribution in [0.2, 0.25) is 0 Å².